The summed E-state index contributed by atoms with van der Waals surface area (Å²) in [5.41, 5.74) is 0. The largest absolute Gasteiger partial charge is 0.394 e. The van der Waals surface area contributed by atoms with Gasteiger partial charge in [-0.3, -0.25) is 4.79 Å². The SMILES string of the molecule is CNCCC(=O)N1CCCCCC1CO. The number of nitrogens with zero attached hydrogens (tertiary/aromatic N) is 1. The fourth-order valence-corrected chi connectivity index (χ4v) is 2.07. The molecule has 0 aromatic rings. The molecule has 0 radical (unpaired) electrons. The van der Waals surface area contributed by atoms with E-state index in [4.69, 9.17) is 0 Å². The summed E-state index contributed by atoms with van der Waals surface area (Å²) in [5.74, 6) is 0.172. The molecule has 4 heteroatoms. The van der Waals surface area contributed by atoms with Crippen LogP contribution in [0.3, 0.4) is 0 Å². The molecule has 1 atom stereocenters. The minimum absolute atomic E-state index is 0.0526. The van der Waals surface area contributed by atoms with Crippen LogP contribution in [0.25, 0.3) is 0 Å². The van der Waals surface area contributed by atoms with Crippen molar-refractivity contribution in [1.29, 1.82) is 0 Å². The molecule has 2 N–H and O–H groups in total. The van der Waals surface area contributed by atoms with Crippen molar-refractivity contribution in [2.45, 2.75) is 38.1 Å². The minimum Gasteiger partial charge on any atom is -0.394 e. The van der Waals surface area contributed by atoms with E-state index in [1.165, 1.54) is 6.42 Å². The lowest BCUT2D eigenvalue weighted by Gasteiger charge is -2.28. The minimum atomic E-state index is 0.0526. The molecule has 0 aromatic heterocycles. The van der Waals surface area contributed by atoms with Crippen LogP contribution < -0.4 is 5.32 Å². The van der Waals surface area contributed by atoms with Crippen LogP contribution >= 0.6 is 0 Å². The fraction of sp³-hybridized carbons (Fsp3) is 0.909. The van der Waals surface area contributed by atoms with Crippen LogP contribution in [0.4, 0.5) is 0 Å². The second kappa shape index (κ2) is 6.80. The number of rotatable bonds is 4. The van der Waals surface area contributed by atoms with Crippen LogP contribution in [-0.2, 0) is 4.79 Å². The van der Waals surface area contributed by atoms with Crippen molar-refractivity contribution in [2.24, 2.45) is 0 Å². The molecule has 15 heavy (non-hydrogen) atoms. The maximum Gasteiger partial charge on any atom is 0.224 e. The molecule has 0 bridgehead atoms. The van der Waals surface area contributed by atoms with Gasteiger partial charge in [-0.1, -0.05) is 12.8 Å². The standard InChI is InChI=1S/C11H22N2O2/c1-12-7-6-11(15)13-8-4-2-3-5-10(13)9-14/h10,12,14H,2-9H2,1H3. The average molecular weight is 214 g/mol. The third kappa shape index (κ3) is 3.80. The summed E-state index contributed by atoms with van der Waals surface area (Å²) < 4.78 is 0. The average Bonchev–Trinajstić information content (AvgIpc) is 2.50. The first-order valence-corrected chi connectivity index (χ1v) is 5.84. The van der Waals surface area contributed by atoms with E-state index >= 15 is 0 Å². The Kier molecular flexibility index (Phi) is 5.65. The first kappa shape index (κ1) is 12.5. The van der Waals surface area contributed by atoms with Crippen LogP contribution in [0, 0.1) is 0 Å². The number of aliphatic hydroxyl groups is 1. The van der Waals surface area contributed by atoms with Crippen LogP contribution in [0.15, 0.2) is 0 Å². The summed E-state index contributed by atoms with van der Waals surface area (Å²) in [6.07, 6.45) is 4.85. The molecule has 1 amide bonds. The first-order chi connectivity index (χ1) is 7.29. The Hall–Kier alpha value is -0.610. The number of aliphatic hydroxyl groups excluding tert-OH is 1. The zero-order valence-electron chi connectivity index (χ0n) is 9.54. The van der Waals surface area contributed by atoms with Crippen molar-refractivity contribution in [3.05, 3.63) is 0 Å². The molecule has 1 aliphatic rings. The second-order valence-corrected chi connectivity index (χ2v) is 4.13. The second-order valence-electron chi connectivity index (χ2n) is 4.13. The van der Waals surface area contributed by atoms with E-state index in [1.807, 2.05) is 11.9 Å². The van der Waals surface area contributed by atoms with Gasteiger partial charge in [-0.05, 0) is 19.9 Å². The van der Waals surface area contributed by atoms with Gasteiger partial charge in [0.05, 0.1) is 12.6 Å². The van der Waals surface area contributed by atoms with Gasteiger partial charge in [-0.25, -0.2) is 0 Å². The lowest BCUT2D eigenvalue weighted by molar-refractivity contribution is -0.134. The quantitative estimate of drug-likeness (QED) is 0.710. The normalized spacial score (nSPS) is 22.5. The van der Waals surface area contributed by atoms with Crippen LogP contribution in [-0.4, -0.2) is 48.7 Å². The molecule has 1 saturated heterocycles. The van der Waals surface area contributed by atoms with E-state index in [0.717, 1.165) is 25.8 Å². The maximum atomic E-state index is 11.9. The Morgan fingerprint density at radius 2 is 2.27 bits per heavy atom. The van der Waals surface area contributed by atoms with Gasteiger partial charge in [-0.15, -0.1) is 0 Å². The number of nitrogens with one attached hydrogen (secondary N) is 1. The first-order valence-electron chi connectivity index (χ1n) is 5.84. The molecule has 1 aliphatic heterocycles. The molecule has 1 fully saturated rings. The summed E-state index contributed by atoms with van der Waals surface area (Å²) in [6, 6.07) is 0.0526. The topological polar surface area (TPSA) is 52.6 Å². The highest BCUT2D eigenvalue weighted by atomic mass is 16.3. The van der Waals surface area contributed by atoms with Crippen molar-refractivity contribution in [2.75, 3.05) is 26.7 Å². The van der Waals surface area contributed by atoms with E-state index in [0.29, 0.717) is 13.0 Å². The van der Waals surface area contributed by atoms with Gasteiger partial charge in [0, 0.05) is 19.5 Å². The van der Waals surface area contributed by atoms with Crippen molar-refractivity contribution in [3.63, 3.8) is 0 Å². The molecule has 1 unspecified atom stereocenters. The fourth-order valence-electron chi connectivity index (χ4n) is 2.07. The highest BCUT2D eigenvalue weighted by Crippen LogP contribution is 2.17. The molecular weight excluding hydrogens is 192 g/mol. The molecule has 88 valence electrons. The number of hydrogen-bond acceptors (Lipinski definition) is 3. The summed E-state index contributed by atoms with van der Waals surface area (Å²) in [6.45, 7) is 1.63. The van der Waals surface area contributed by atoms with Gasteiger partial charge in [0.25, 0.3) is 0 Å². The predicted molar refractivity (Wildman–Crippen MR) is 59.6 cm³/mol. The van der Waals surface area contributed by atoms with E-state index in [9.17, 15) is 9.90 Å². The molecule has 0 aromatic carbocycles. The smallest absolute Gasteiger partial charge is 0.224 e. The summed E-state index contributed by atoms with van der Waals surface area (Å²) in [7, 11) is 1.85. The van der Waals surface area contributed by atoms with Crippen LogP contribution in [0.2, 0.25) is 0 Å². The summed E-state index contributed by atoms with van der Waals surface area (Å²) in [4.78, 5) is 13.7. The monoisotopic (exact) mass is 214 g/mol. The summed E-state index contributed by atoms with van der Waals surface area (Å²) in [5, 5.41) is 12.2. The van der Waals surface area contributed by atoms with Crippen molar-refractivity contribution in [3.8, 4) is 0 Å². The van der Waals surface area contributed by atoms with Gasteiger partial charge in [-0.2, -0.15) is 0 Å². The van der Waals surface area contributed by atoms with Gasteiger partial charge in [0.1, 0.15) is 0 Å². The Morgan fingerprint density at radius 3 is 2.93 bits per heavy atom. The zero-order valence-corrected chi connectivity index (χ0v) is 9.54. The highest BCUT2D eigenvalue weighted by molar-refractivity contribution is 5.76. The summed E-state index contributed by atoms with van der Waals surface area (Å²) >= 11 is 0. The third-order valence-corrected chi connectivity index (χ3v) is 3.00. The number of likely N-dealkylation sites (tertiary alicyclic amines) is 1. The van der Waals surface area contributed by atoms with Crippen LogP contribution in [0.5, 0.6) is 0 Å². The lowest BCUT2D eigenvalue weighted by atomic mass is 10.1. The zero-order chi connectivity index (χ0) is 11.1. The van der Waals surface area contributed by atoms with Gasteiger partial charge >= 0.3 is 0 Å². The molecular formula is C11H22N2O2. The maximum absolute atomic E-state index is 11.9. The predicted octanol–water partition coefficient (Wildman–Crippen LogP) is 0.359. The number of amides is 1. The van der Waals surface area contributed by atoms with Gasteiger partial charge < -0.3 is 15.3 Å². The van der Waals surface area contributed by atoms with Crippen molar-refractivity contribution in [1.82, 2.24) is 10.2 Å². The van der Waals surface area contributed by atoms with E-state index in [-0.39, 0.29) is 18.6 Å². The van der Waals surface area contributed by atoms with Gasteiger partial charge in [0.15, 0.2) is 0 Å². The van der Waals surface area contributed by atoms with E-state index in [2.05, 4.69) is 5.32 Å². The Bertz CT molecular complexity index is 197. The van der Waals surface area contributed by atoms with Crippen molar-refractivity contribution < 1.29 is 9.90 Å². The molecule has 1 rings (SSSR count). The van der Waals surface area contributed by atoms with Gasteiger partial charge in [0.2, 0.25) is 5.91 Å². The van der Waals surface area contributed by atoms with Crippen LogP contribution in [0.1, 0.15) is 32.1 Å². The third-order valence-electron chi connectivity index (χ3n) is 3.00. The molecule has 1 heterocycles. The Labute approximate surface area is 91.6 Å². The number of carbonyl (C=O) groups excluding carboxylic acids is 1. The van der Waals surface area contributed by atoms with E-state index < -0.39 is 0 Å². The van der Waals surface area contributed by atoms with Crippen molar-refractivity contribution >= 4 is 5.91 Å². The van der Waals surface area contributed by atoms with E-state index in [1.54, 1.807) is 0 Å². The highest BCUT2D eigenvalue weighted by Gasteiger charge is 2.23. The number of hydrogen-bond donors (Lipinski definition) is 2. The molecule has 0 spiro atoms. The Morgan fingerprint density at radius 1 is 1.47 bits per heavy atom. The lowest BCUT2D eigenvalue weighted by Crippen LogP contribution is -2.42. The Balaban J connectivity index is 2.49. The molecule has 4 nitrogen and oxygen atoms in total. The molecule has 0 saturated carbocycles. The number of carbonyl (C=O) groups is 1. The molecule has 0 aliphatic carbocycles.